The van der Waals surface area contributed by atoms with Gasteiger partial charge in [0.05, 0.1) is 12.5 Å². The van der Waals surface area contributed by atoms with Crippen molar-refractivity contribution in [3.05, 3.63) is 60.0 Å². The van der Waals surface area contributed by atoms with E-state index in [9.17, 15) is 4.79 Å². The van der Waals surface area contributed by atoms with Crippen molar-refractivity contribution in [3.63, 3.8) is 0 Å². The van der Waals surface area contributed by atoms with Crippen LogP contribution in [0.15, 0.2) is 53.1 Å². The number of aromatic nitrogens is 2. The van der Waals surface area contributed by atoms with E-state index < -0.39 is 0 Å². The Hall–Kier alpha value is -3.35. The average molecular weight is 406 g/mol. The van der Waals surface area contributed by atoms with Crippen molar-refractivity contribution in [1.29, 1.82) is 0 Å². The molecule has 1 aliphatic heterocycles. The van der Waals surface area contributed by atoms with Gasteiger partial charge in [-0.3, -0.25) is 0 Å². The summed E-state index contributed by atoms with van der Waals surface area (Å²) >= 11 is 0. The predicted molar refractivity (Wildman–Crippen MR) is 115 cm³/mol. The molecule has 0 saturated carbocycles. The quantitative estimate of drug-likeness (QED) is 0.655. The number of piperidine rings is 1. The van der Waals surface area contributed by atoms with E-state index in [0.29, 0.717) is 31.4 Å². The summed E-state index contributed by atoms with van der Waals surface area (Å²) in [6.07, 6.45) is 1.81. The van der Waals surface area contributed by atoms with Crippen molar-refractivity contribution >= 4 is 11.7 Å². The molecule has 0 bridgehead atoms. The first-order valence-corrected chi connectivity index (χ1v) is 10.3. The highest BCUT2D eigenvalue weighted by Gasteiger charge is 2.28. The first kappa shape index (κ1) is 19.9. The molecule has 30 heavy (non-hydrogen) atoms. The molecule has 4 rings (SSSR count). The molecule has 1 aliphatic rings. The molecule has 2 aromatic carbocycles. The molecule has 7 heteroatoms. The maximum atomic E-state index is 12.7. The van der Waals surface area contributed by atoms with Crippen LogP contribution in [0.3, 0.4) is 0 Å². The summed E-state index contributed by atoms with van der Waals surface area (Å²) < 4.78 is 11.0. The number of ether oxygens (including phenoxy) is 1. The van der Waals surface area contributed by atoms with Crippen molar-refractivity contribution in [2.24, 2.45) is 0 Å². The maximum Gasteiger partial charge on any atom is 0.321 e. The number of aryl methyl sites for hydroxylation is 1. The Balaban J connectivity index is 1.40. The molecule has 1 aromatic heterocycles. The molecule has 0 aliphatic carbocycles. The predicted octanol–water partition coefficient (Wildman–Crippen LogP) is 4.86. The summed E-state index contributed by atoms with van der Waals surface area (Å²) in [7, 11) is 0. The van der Waals surface area contributed by atoms with Crippen LogP contribution in [0, 0.1) is 6.92 Å². The molecule has 2 amide bonds. The highest BCUT2D eigenvalue weighted by Crippen LogP contribution is 2.28. The fourth-order valence-corrected chi connectivity index (χ4v) is 3.67. The van der Waals surface area contributed by atoms with Gasteiger partial charge in [-0.15, -0.1) is 0 Å². The van der Waals surface area contributed by atoms with E-state index in [1.54, 1.807) is 4.90 Å². The third-order valence-corrected chi connectivity index (χ3v) is 5.19. The Labute approximate surface area is 176 Å². The summed E-state index contributed by atoms with van der Waals surface area (Å²) in [6.45, 7) is 5.85. The molecule has 3 aromatic rings. The van der Waals surface area contributed by atoms with Crippen LogP contribution in [0.1, 0.15) is 37.1 Å². The van der Waals surface area contributed by atoms with Crippen molar-refractivity contribution in [2.45, 2.75) is 32.6 Å². The summed E-state index contributed by atoms with van der Waals surface area (Å²) in [5, 5.41) is 7.10. The number of hydrogen-bond acceptors (Lipinski definition) is 5. The SMILES string of the molecule is CCOc1ccc(NC(=O)N2CCCC(c3nc(-c4cccc(C)c4)no3)C2)cc1. The molecule has 1 saturated heterocycles. The van der Waals surface area contributed by atoms with Gasteiger partial charge in [0, 0.05) is 24.3 Å². The van der Waals surface area contributed by atoms with E-state index >= 15 is 0 Å². The number of nitrogens with zero attached hydrogens (tertiary/aromatic N) is 3. The standard InChI is InChI=1S/C23H26N4O3/c1-3-29-20-11-9-19(10-12-20)24-23(28)27-13-5-8-18(15-27)22-25-21(26-30-22)17-7-4-6-16(2)14-17/h4,6-7,9-12,14,18H,3,5,8,13,15H2,1-2H3,(H,24,28). The zero-order valence-electron chi connectivity index (χ0n) is 17.3. The lowest BCUT2D eigenvalue weighted by Gasteiger charge is -2.31. The van der Waals surface area contributed by atoms with E-state index in [-0.39, 0.29) is 11.9 Å². The van der Waals surface area contributed by atoms with Crippen LogP contribution in [-0.4, -0.2) is 40.8 Å². The highest BCUT2D eigenvalue weighted by molar-refractivity contribution is 5.89. The van der Waals surface area contributed by atoms with Crippen LogP contribution < -0.4 is 10.1 Å². The van der Waals surface area contributed by atoms with Gasteiger partial charge in [0.1, 0.15) is 5.75 Å². The Kier molecular flexibility index (Phi) is 5.97. The van der Waals surface area contributed by atoms with Crippen LogP contribution in [0.4, 0.5) is 10.5 Å². The van der Waals surface area contributed by atoms with Gasteiger partial charge in [-0.1, -0.05) is 28.9 Å². The number of carbonyl (C=O) groups excluding carboxylic acids is 1. The Morgan fingerprint density at radius 1 is 1.27 bits per heavy atom. The van der Waals surface area contributed by atoms with Gasteiger partial charge in [0.15, 0.2) is 0 Å². The van der Waals surface area contributed by atoms with Crippen molar-refractivity contribution in [1.82, 2.24) is 15.0 Å². The van der Waals surface area contributed by atoms with E-state index in [0.717, 1.165) is 35.4 Å². The minimum Gasteiger partial charge on any atom is -0.494 e. The third kappa shape index (κ3) is 4.62. The Morgan fingerprint density at radius 2 is 2.10 bits per heavy atom. The van der Waals surface area contributed by atoms with Gasteiger partial charge in [-0.25, -0.2) is 4.79 Å². The third-order valence-electron chi connectivity index (χ3n) is 5.19. The fourth-order valence-electron chi connectivity index (χ4n) is 3.67. The molecule has 1 atom stereocenters. The normalized spacial score (nSPS) is 16.3. The lowest BCUT2D eigenvalue weighted by molar-refractivity contribution is 0.184. The number of hydrogen-bond donors (Lipinski definition) is 1. The van der Waals surface area contributed by atoms with E-state index in [2.05, 4.69) is 15.5 Å². The lowest BCUT2D eigenvalue weighted by atomic mass is 9.98. The van der Waals surface area contributed by atoms with Gasteiger partial charge in [0.25, 0.3) is 0 Å². The van der Waals surface area contributed by atoms with Crippen LogP contribution in [-0.2, 0) is 0 Å². The second-order valence-electron chi connectivity index (χ2n) is 7.50. The van der Waals surface area contributed by atoms with Crippen LogP contribution in [0.25, 0.3) is 11.4 Å². The Morgan fingerprint density at radius 3 is 2.87 bits per heavy atom. The largest absolute Gasteiger partial charge is 0.494 e. The Bertz CT molecular complexity index is 1000. The molecule has 1 unspecified atom stereocenters. The summed E-state index contributed by atoms with van der Waals surface area (Å²) in [6, 6.07) is 15.3. The summed E-state index contributed by atoms with van der Waals surface area (Å²) in [4.78, 5) is 19.1. The van der Waals surface area contributed by atoms with Gasteiger partial charge in [-0.05, 0) is 57.0 Å². The van der Waals surface area contributed by atoms with Gasteiger partial charge < -0.3 is 19.5 Å². The number of urea groups is 1. The molecular formula is C23H26N4O3. The molecule has 0 radical (unpaired) electrons. The molecule has 1 fully saturated rings. The maximum absolute atomic E-state index is 12.7. The summed E-state index contributed by atoms with van der Waals surface area (Å²) in [5.74, 6) is 2.00. The van der Waals surface area contributed by atoms with E-state index in [1.165, 1.54) is 0 Å². The minimum absolute atomic E-state index is 0.0379. The van der Waals surface area contributed by atoms with Crippen molar-refractivity contribution in [3.8, 4) is 17.1 Å². The summed E-state index contributed by atoms with van der Waals surface area (Å²) in [5.41, 5.74) is 2.82. The van der Waals surface area contributed by atoms with E-state index in [1.807, 2.05) is 62.4 Å². The average Bonchev–Trinajstić information content (AvgIpc) is 3.26. The number of rotatable bonds is 5. The van der Waals surface area contributed by atoms with Crippen molar-refractivity contribution in [2.75, 3.05) is 25.0 Å². The smallest absolute Gasteiger partial charge is 0.321 e. The highest BCUT2D eigenvalue weighted by atomic mass is 16.5. The second kappa shape index (κ2) is 8.98. The topological polar surface area (TPSA) is 80.5 Å². The number of carbonyl (C=O) groups is 1. The second-order valence-corrected chi connectivity index (χ2v) is 7.50. The number of nitrogens with one attached hydrogen (secondary N) is 1. The number of benzene rings is 2. The molecule has 2 heterocycles. The number of likely N-dealkylation sites (tertiary alicyclic amines) is 1. The van der Waals surface area contributed by atoms with Crippen LogP contribution in [0.5, 0.6) is 5.75 Å². The lowest BCUT2D eigenvalue weighted by Crippen LogP contribution is -2.41. The molecule has 0 spiro atoms. The zero-order chi connectivity index (χ0) is 20.9. The van der Waals surface area contributed by atoms with Gasteiger partial charge >= 0.3 is 6.03 Å². The first-order valence-electron chi connectivity index (χ1n) is 10.3. The van der Waals surface area contributed by atoms with Gasteiger partial charge in [0.2, 0.25) is 11.7 Å². The van der Waals surface area contributed by atoms with Crippen LogP contribution >= 0.6 is 0 Å². The molecule has 1 N–H and O–H groups in total. The molecule has 7 nitrogen and oxygen atoms in total. The molecular weight excluding hydrogens is 380 g/mol. The molecule has 156 valence electrons. The van der Waals surface area contributed by atoms with Crippen molar-refractivity contribution < 1.29 is 14.1 Å². The monoisotopic (exact) mass is 406 g/mol. The van der Waals surface area contributed by atoms with Gasteiger partial charge in [-0.2, -0.15) is 4.98 Å². The number of anilines is 1. The number of amides is 2. The van der Waals surface area contributed by atoms with Crippen LogP contribution in [0.2, 0.25) is 0 Å². The first-order chi connectivity index (χ1) is 14.6. The minimum atomic E-state index is -0.123. The fraction of sp³-hybridized carbons (Fsp3) is 0.348. The van der Waals surface area contributed by atoms with E-state index in [4.69, 9.17) is 9.26 Å². The zero-order valence-corrected chi connectivity index (χ0v) is 17.3.